The van der Waals surface area contributed by atoms with Gasteiger partial charge in [0.1, 0.15) is 0 Å². The summed E-state index contributed by atoms with van der Waals surface area (Å²) in [6.45, 7) is 0.372. The van der Waals surface area contributed by atoms with Crippen molar-refractivity contribution in [3.8, 4) is 11.8 Å². The van der Waals surface area contributed by atoms with E-state index in [0.29, 0.717) is 17.8 Å². The monoisotopic (exact) mass is 495 g/mol. The predicted molar refractivity (Wildman–Crippen MR) is 117 cm³/mol. The van der Waals surface area contributed by atoms with Crippen LogP contribution < -0.4 is 4.90 Å². The molecule has 0 aromatic heterocycles. The Morgan fingerprint density at radius 1 is 0.929 bits per heavy atom. The maximum absolute atomic E-state index is 13.2. The molecule has 1 heterocycles. The minimum Gasteiger partial charge on any atom is -0.366 e. The molecule has 1 amide bonds. The molecule has 3 aromatic carbocycles. The molecule has 5 heteroatoms. The molecular formula is C23H15Br2NO2. The second kappa shape index (κ2) is 7.56. The number of hydrogen-bond donors (Lipinski definition) is 1. The quantitative estimate of drug-likeness (QED) is 0.507. The standard InChI is InChI=1S/C23H15Br2NO2/c24-18-8-6-16(7-9-18)12-13-23(28)20-14-19(25)10-11-21(20)26(22(23)27)15-17-4-2-1-3-5-17/h1-11,14,28H,15H2. The lowest BCUT2D eigenvalue weighted by Crippen LogP contribution is -2.39. The van der Waals surface area contributed by atoms with Gasteiger partial charge in [0.15, 0.2) is 0 Å². The van der Waals surface area contributed by atoms with Crippen LogP contribution in [0, 0.1) is 11.8 Å². The minimum absolute atomic E-state index is 0.372. The molecule has 0 aliphatic carbocycles. The number of hydrogen-bond acceptors (Lipinski definition) is 2. The molecule has 0 saturated carbocycles. The molecule has 0 saturated heterocycles. The van der Waals surface area contributed by atoms with Gasteiger partial charge in [-0.25, -0.2) is 0 Å². The second-order valence-electron chi connectivity index (χ2n) is 6.51. The first kappa shape index (κ1) is 18.9. The first-order valence-corrected chi connectivity index (χ1v) is 10.2. The van der Waals surface area contributed by atoms with Gasteiger partial charge < -0.3 is 10.0 Å². The van der Waals surface area contributed by atoms with Crippen molar-refractivity contribution in [1.29, 1.82) is 0 Å². The molecule has 0 radical (unpaired) electrons. The summed E-state index contributed by atoms with van der Waals surface area (Å²) in [7, 11) is 0. The van der Waals surface area contributed by atoms with Gasteiger partial charge in [0.05, 0.1) is 12.2 Å². The van der Waals surface area contributed by atoms with Crippen LogP contribution in [0.2, 0.25) is 0 Å². The molecule has 28 heavy (non-hydrogen) atoms. The lowest BCUT2D eigenvalue weighted by atomic mass is 9.95. The van der Waals surface area contributed by atoms with Crippen molar-refractivity contribution >= 4 is 43.5 Å². The molecule has 1 aliphatic rings. The third kappa shape index (κ3) is 3.51. The van der Waals surface area contributed by atoms with Crippen molar-refractivity contribution < 1.29 is 9.90 Å². The van der Waals surface area contributed by atoms with Crippen molar-refractivity contribution in [3.05, 3.63) is 98.4 Å². The Morgan fingerprint density at radius 2 is 1.61 bits per heavy atom. The van der Waals surface area contributed by atoms with Gasteiger partial charge in [0, 0.05) is 20.1 Å². The number of benzene rings is 3. The maximum atomic E-state index is 13.2. The van der Waals surface area contributed by atoms with Crippen molar-refractivity contribution in [3.63, 3.8) is 0 Å². The fourth-order valence-corrected chi connectivity index (χ4v) is 3.82. The number of halogens is 2. The van der Waals surface area contributed by atoms with Crippen LogP contribution in [0.15, 0.2) is 81.7 Å². The molecule has 1 N–H and O–H groups in total. The molecule has 0 spiro atoms. The van der Waals surface area contributed by atoms with E-state index in [-0.39, 0.29) is 0 Å². The lowest BCUT2D eigenvalue weighted by Gasteiger charge is -2.19. The number of aliphatic hydroxyl groups is 1. The van der Waals surface area contributed by atoms with Gasteiger partial charge in [-0.3, -0.25) is 4.79 Å². The van der Waals surface area contributed by atoms with Gasteiger partial charge in [-0.1, -0.05) is 68.1 Å². The Kier molecular flexibility index (Phi) is 5.11. The van der Waals surface area contributed by atoms with E-state index in [2.05, 4.69) is 43.7 Å². The average Bonchev–Trinajstić information content (AvgIpc) is 2.90. The third-order valence-corrected chi connectivity index (χ3v) is 5.63. The smallest absolute Gasteiger partial charge is 0.276 e. The highest BCUT2D eigenvalue weighted by Gasteiger charge is 2.49. The van der Waals surface area contributed by atoms with E-state index in [1.54, 1.807) is 11.0 Å². The van der Waals surface area contributed by atoms with E-state index in [9.17, 15) is 9.90 Å². The molecule has 3 nitrogen and oxygen atoms in total. The van der Waals surface area contributed by atoms with Gasteiger partial charge in [0.25, 0.3) is 5.91 Å². The van der Waals surface area contributed by atoms with Gasteiger partial charge in [-0.05, 0) is 53.9 Å². The third-order valence-electron chi connectivity index (χ3n) is 4.61. The Balaban J connectivity index is 1.77. The van der Waals surface area contributed by atoms with E-state index in [0.717, 1.165) is 20.1 Å². The van der Waals surface area contributed by atoms with Crippen LogP contribution >= 0.6 is 31.9 Å². The van der Waals surface area contributed by atoms with E-state index >= 15 is 0 Å². The van der Waals surface area contributed by atoms with Crippen LogP contribution in [0.1, 0.15) is 16.7 Å². The maximum Gasteiger partial charge on any atom is 0.276 e. The van der Waals surface area contributed by atoms with E-state index in [1.165, 1.54) is 0 Å². The highest BCUT2D eigenvalue weighted by molar-refractivity contribution is 9.10. The van der Waals surface area contributed by atoms with Crippen molar-refractivity contribution in [2.45, 2.75) is 12.1 Å². The Bertz CT molecular complexity index is 1100. The van der Waals surface area contributed by atoms with Crippen molar-refractivity contribution in [2.75, 3.05) is 4.90 Å². The first-order chi connectivity index (χ1) is 13.5. The summed E-state index contributed by atoms with van der Waals surface area (Å²) in [6.07, 6.45) is 0. The topological polar surface area (TPSA) is 40.5 Å². The zero-order valence-corrected chi connectivity index (χ0v) is 17.9. The number of fused-ring (bicyclic) bond motifs is 1. The molecule has 4 rings (SSSR count). The predicted octanol–water partition coefficient (Wildman–Crippen LogP) is 5.00. The fraction of sp³-hybridized carbons (Fsp3) is 0.0870. The highest BCUT2D eigenvalue weighted by atomic mass is 79.9. The Hall–Kier alpha value is -2.39. The van der Waals surface area contributed by atoms with Crippen LogP contribution in [-0.2, 0) is 16.9 Å². The van der Waals surface area contributed by atoms with E-state index < -0.39 is 11.5 Å². The van der Waals surface area contributed by atoms with Crippen molar-refractivity contribution in [2.24, 2.45) is 0 Å². The lowest BCUT2D eigenvalue weighted by molar-refractivity contribution is -0.130. The SMILES string of the molecule is O=C1N(Cc2ccccc2)c2ccc(Br)cc2C1(O)C#Cc1ccc(Br)cc1. The number of carbonyl (C=O) groups excluding carboxylic acids is 1. The Morgan fingerprint density at radius 3 is 2.32 bits per heavy atom. The molecular weight excluding hydrogens is 482 g/mol. The molecule has 138 valence electrons. The van der Waals surface area contributed by atoms with Gasteiger partial charge in [0.2, 0.25) is 5.60 Å². The van der Waals surface area contributed by atoms with Crippen LogP contribution in [-0.4, -0.2) is 11.0 Å². The second-order valence-corrected chi connectivity index (χ2v) is 8.34. The van der Waals surface area contributed by atoms with Crippen LogP contribution in [0.5, 0.6) is 0 Å². The highest BCUT2D eigenvalue weighted by Crippen LogP contribution is 2.42. The van der Waals surface area contributed by atoms with E-state index in [4.69, 9.17) is 0 Å². The normalized spacial score (nSPS) is 17.8. The average molecular weight is 497 g/mol. The van der Waals surface area contributed by atoms with Gasteiger partial charge in [-0.15, -0.1) is 0 Å². The summed E-state index contributed by atoms with van der Waals surface area (Å²) in [5.74, 6) is 5.33. The summed E-state index contributed by atoms with van der Waals surface area (Å²) < 4.78 is 1.72. The van der Waals surface area contributed by atoms with E-state index in [1.807, 2.05) is 66.7 Å². The van der Waals surface area contributed by atoms with Crippen LogP contribution in [0.4, 0.5) is 5.69 Å². The zero-order valence-electron chi connectivity index (χ0n) is 14.7. The number of carbonyl (C=O) groups is 1. The van der Waals surface area contributed by atoms with Crippen LogP contribution in [0.3, 0.4) is 0 Å². The summed E-state index contributed by atoms with van der Waals surface area (Å²) in [5, 5.41) is 11.3. The van der Waals surface area contributed by atoms with Gasteiger partial charge >= 0.3 is 0 Å². The molecule has 3 aromatic rings. The molecule has 0 bridgehead atoms. The number of anilines is 1. The molecule has 0 fully saturated rings. The van der Waals surface area contributed by atoms with Crippen LogP contribution in [0.25, 0.3) is 0 Å². The van der Waals surface area contributed by atoms with Crippen molar-refractivity contribution in [1.82, 2.24) is 0 Å². The molecule has 1 unspecified atom stereocenters. The summed E-state index contributed by atoms with van der Waals surface area (Å²) >= 11 is 6.82. The number of nitrogens with zero attached hydrogens (tertiary/aromatic N) is 1. The number of amides is 1. The minimum atomic E-state index is -1.89. The summed E-state index contributed by atoms with van der Waals surface area (Å²) in [6, 6.07) is 22.6. The summed E-state index contributed by atoms with van der Waals surface area (Å²) in [4.78, 5) is 14.8. The Labute approximate surface area is 180 Å². The number of rotatable bonds is 2. The first-order valence-electron chi connectivity index (χ1n) is 8.64. The fourth-order valence-electron chi connectivity index (χ4n) is 3.19. The summed E-state index contributed by atoms with van der Waals surface area (Å²) in [5.41, 5.74) is 0.982. The largest absolute Gasteiger partial charge is 0.366 e. The molecule has 1 aliphatic heterocycles. The zero-order chi connectivity index (χ0) is 19.7. The molecule has 1 atom stereocenters. The van der Waals surface area contributed by atoms with Gasteiger partial charge in [-0.2, -0.15) is 0 Å².